The van der Waals surface area contributed by atoms with Crippen molar-refractivity contribution in [1.82, 2.24) is 4.90 Å². The molecule has 1 aliphatic heterocycles. The highest BCUT2D eigenvalue weighted by Crippen LogP contribution is 2.23. The average molecular weight is 522 g/mol. The molecule has 0 aromatic heterocycles. The molecule has 0 amide bonds. The van der Waals surface area contributed by atoms with Gasteiger partial charge in [0.1, 0.15) is 5.75 Å². The van der Waals surface area contributed by atoms with E-state index in [1.54, 1.807) is 7.11 Å². The second-order valence-corrected chi connectivity index (χ2v) is 7.77. The van der Waals surface area contributed by atoms with Crippen LogP contribution in [-0.2, 0) is 6.42 Å². The Hall–Kier alpha value is -1.80. The second kappa shape index (κ2) is 13.5. The van der Waals surface area contributed by atoms with E-state index in [1.165, 1.54) is 37.9 Å². The highest BCUT2D eigenvalue weighted by molar-refractivity contribution is 14.0. The number of benzene rings is 2. The van der Waals surface area contributed by atoms with E-state index >= 15 is 0 Å². The quantitative estimate of drug-likeness (QED) is 0.216. The molecule has 164 valence electrons. The number of nitrogens with zero attached hydrogens (tertiary/aromatic N) is 2. The molecule has 3 rings (SSSR count). The molecule has 0 atom stereocenters. The van der Waals surface area contributed by atoms with Crippen LogP contribution in [0.1, 0.15) is 31.2 Å². The maximum atomic E-state index is 6.01. The predicted octanol–water partition coefficient (Wildman–Crippen LogP) is 4.77. The third kappa shape index (κ3) is 8.14. The lowest BCUT2D eigenvalue weighted by atomic mass is 9.90. The van der Waals surface area contributed by atoms with Crippen LogP contribution in [0.25, 0.3) is 0 Å². The van der Waals surface area contributed by atoms with Crippen molar-refractivity contribution in [3.05, 3.63) is 60.2 Å². The largest absolute Gasteiger partial charge is 0.495 e. The summed E-state index contributed by atoms with van der Waals surface area (Å²) in [6, 6.07) is 18.6. The van der Waals surface area contributed by atoms with Crippen molar-refractivity contribution in [3.63, 3.8) is 0 Å². The molecule has 0 spiro atoms. The van der Waals surface area contributed by atoms with Gasteiger partial charge in [0.25, 0.3) is 0 Å². The standard InChI is InChI=1S/C24H34N4O.HI/c1-29-23-12-6-5-11-22(23)27-24(25)26-15-7-8-16-28-17-13-21(14-18-28)19-20-9-3-2-4-10-20;/h2-6,9-12,21H,7-8,13-19H2,1H3,(H3,25,26,27);1H. The number of anilines is 1. The molecule has 1 aliphatic rings. The Morgan fingerprint density at radius 3 is 2.50 bits per heavy atom. The summed E-state index contributed by atoms with van der Waals surface area (Å²) in [7, 11) is 1.65. The van der Waals surface area contributed by atoms with Crippen molar-refractivity contribution in [3.8, 4) is 5.75 Å². The number of likely N-dealkylation sites (tertiary alicyclic amines) is 1. The topological polar surface area (TPSA) is 62.9 Å². The van der Waals surface area contributed by atoms with E-state index < -0.39 is 0 Å². The number of methoxy groups -OCH3 is 1. The number of halogens is 1. The molecule has 0 radical (unpaired) electrons. The van der Waals surface area contributed by atoms with Crippen LogP contribution in [0.2, 0.25) is 0 Å². The van der Waals surface area contributed by atoms with Crippen LogP contribution in [0.5, 0.6) is 5.75 Å². The Kier molecular flexibility index (Phi) is 11.0. The first-order valence-corrected chi connectivity index (χ1v) is 10.7. The van der Waals surface area contributed by atoms with E-state index in [1.807, 2.05) is 24.3 Å². The third-order valence-electron chi connectivity index (χ3n) is 5.61. The molecule has 6 heteroatoms. The molecule has 0 saturated carbocycles. The molecule has 2 aromatic rings. The lowest BCUT2D eigenvalue weighted by Crippen LogP contribution is -2.35. The van der Waals surface area contributed by atoms with Crippen LogP contribution < -0.4 is 15.8 Å². The zero-order valence-corrected chi connectivity index (χ0v) is 20.3. The van der Waals surface area contributed by atoms with E-state index in [0.717, 1.165) is 43.3 Å². The molecule has 30 heavy (non-hydrogen) atoms. The minimum absolute atomic E-state index is 0. The van der Waals surface area contributed by atoms with Gasteiger partial charge in [0.2, 0.25) is 0 Å². The number of aliphatic imine (C=N–C) groups is 1. The lowest BCUT2D eigenvalue weighted by Gasteiger charge is -2.32. The highest BCUT2D eigenvalue weighted by Gasteiger charge is 2.18. The molecule has 0 aliphatic carbocycles. The van der Waals surface area contributed by atoms with Gasteiger partial charge in [-0.15, -0.1) is 24.0 Å². The SMILES string of the molecule is COc1ccccc1NC(N)=NCCCCN1CCC(Cc2ccccc2)CC1.I. The maximum Gasteiger partial charge on any atom is 0.193 e. The number of para-hydroxylation sites is 2. The number of hydrogen-bond donors (Lipinski definition) is 2. The van der Waals surface area contributed by atoms with E-state index in [2.05, 4.69) is 45.5 Å². The van der Waals surface area contributed by atoms with Gasteiger partial charge in [-0.1, -0.05) is 42.5 Å². The van der Waals surface area contributed by atoms with E-state index in [4.69, 9.17) is 10.5 Å². The number of nitrogens with two attached hydrogens (primary N) is 1. The molecule has 1 heterocycles. The second-order valence-electron chi connectivity index (χ2n) is 7.77. The zero-order valence-electron chi connectivity index (χ0n) is 17.9. The van der Waals surface area contributed by atoms with E-state index in [0.29, 0.717) is 5.96 Å². The molecular weight excluding hydrogens is 487 g/mol. The summed E-state index contributed by atoms with van der Waals surface area (Å²) in [6.07, 6.45) is 6.06. The van der Waals surface area contributed by atoms with Crippen molar-refractivity contribution in [2.45, 2.75) is 32.1 Å². The normalized spacial score (nSPS) is 15.4. The van der Waals surface area contributed by atoms with Crippen molar-refractivity contribution in [2.24, 2.45) is 16.6 Å². The molecule has 2 aromatic carbocycles. The Morgan fingerprint density at radius 2 is 1.77 bits per heavy atom. The maximum absolute atomic E-state index is 6.01. The van der Waals surface area contributed by atoms with Gasteiger partial charge < -0.3 is 20.7 Å². The molecule has 1 saturated heterocycles. The molecule has 1 fully saturated rings. The number of hydrogen-bond acceptors (Lipinski definition) is 3. The number of rotatable bonds is 9. The third-order valence-corrected chi connectivity index (χ3v) is 5.61. The van der Waals surface area contributed by atoms with Crippen LogP contribution in [0.15, 0.2) is 59.6 Å². The summed E-state index contributed by atoms with van der Waals surface area (Å²) >= 11 is 0. The first-order chi connectivity index (χ1) is 14.2. The molecule has 3 N–H and O–H groups in total. The highest BCUT2D eigenvalue weighted by atomic mass is 127. The summed E-state index contributed by atoms with van der Waals surface area (Å²) in [5.41, 5.74) is 8.32. The van der Waals surface area contributed by atoms with Gasteiger partial charge in [0.15, 0.2) is 5.96 Å². The monoisotopic (exact) mass is 522 g/mol. The van der Waals surface area contributed by atoms with Gasteiger partial charge >= 0.3 is 0 Å². The summed E-state index contributed by atoms with van der Waals surface area (Å²) in [5.74, 6) is 2.04. The fourth-order valence-electron chi connectivity index (χ4n) is 3.93. The minimum atomic E-state index is 0. The van der Waals surface area contributed by atoms with Crippen molar-refractivity contribution in [1.29, 1.82) is 0 Å². The Balaban J connectivity index is 0.00000320. The van der Waals surface area contributed by atoms with Gasteiger partial charge in [-0.3, -0.25) is 4.99 Å². The zero-order chi connectivity index (χ0) is 20.3. The first-order valence-electron chi connectivity index (χ1n) is 10.7. The summed E-state index contributed by atoms with van der Waals surface area (Å²) in [6.45, 7) is 4.35. The fourth-order valence-corrected chi connectivity index (χ4v) is 3.93. The van der Waals surface area contributed by atoms with Gasteiger partial charge in [-0.2, -0.15) is 0 Å². The number of ether oxygens (including phenoxy) is 1. The Bertz CT molecular complexity index is 761. The molecule has 5 nitrogen and oxygen atoms in total. The number of nitrogens with one attached hydrogen (secondary N) is 1. The summed E-state index contributed by atoms with van der Waals surface area (Å²) in [4.78, 5) is 7.04. The van der Waals surface area contributed by atoms with Crippen LogP contribution in [-0.4, -0.2) is 44.1 Å². The minimum Gasteiger partial charge on any atom is -0.495 e. The Morgan fingerprint density at radius 1 is 1.07 bits per heavy atom. The van der Waals surface area contributed by atoms with Crippen LogP contribution in [0.3, 0.4) is 0 Å². The van der Waals surface area contributed by atoms with Gasteiger partial charge in [-0.25, -0.2) is 0 Å². The van der Waals surface area contributed by atoms with Crippen molar-refractivity contribution < 1.29 is 4.74 Å². The number of unbranched alkanes of at least 4 members (excludes halogenated alkanes) is 1. The Labute approximate surface area is 198 Å². The molecule has 0 bridgehead atoms. The molecular formula is C24H35IN4O. The lowest BCUT2D eigenvalue weighted by molar-refractivity contribution is 0.181. The van der Waals surface area contributed by atoms with Crippen molar-refractivity contribution in [2.75, 3.05) is 38.6 Å². The fraction of sp³-hybridized carbons (Fsp3) is 0.458. The van der Waals surface area contributed by atoms with Crippen LogP contribution in [0, 0.1) is 5.92 Å². The van der Waals surface area contributed by atoms with Gasteiger partial charge in [0.05, 0.1) is 12.8 Å². The van der Waals surface area contributed by atoms with Gasteiger partial charge in [0, 0.05) is 6.54 Å². The van der Waals surface area contributed by atoms with Crippen LogP contribution in [0.4, 0.5) is 5.69 Å². The number of piperidine rings is 1. The number of guanidine groups is 1. The first kappa shape index (κ1) is 24.5. The average Bonchev–Trinajstić information content (AvgIpc) is 2.76. The molecule has 0 unspecified atom stereocenters. The van der Waals surface area contributed by atoms with E-state index in [-0.39, 0.29) is 24.0 Å². The van der Waals surface area contributed by atoms with Gasteiger partial charge in [-0.05, 0) is 75.4 Å². The van der Waals surface area contributed by atoms with E-state index in [9.17, 15) is 0 Å². The summed E-state index contributed by atoms with van der Waals surface area (Å²) < 4.78 is 5.32. The smallest absolute Gasteiger partial charge is 0.193 e. The van der Waals surface area contributed by atoms with Crippen LogP contribution >= 0.6 is 24.0 Å². The predicted molar refractivity (Wildman–Crippen MR) is 137 cm³/mol. The van der Waals surface area contributed by atoms with Crippen molar-refractivity contribution >= 4 is 35.6 Å². The summed E-state index contributed by atoms with van der Waals surface area (Å²) in [5, 5.41) is 3.12.